The predicted molar refractivity (Wildman–Crippen MR) is 89.4 cm³/mol. The second kappa shape index (κ2) is 7.43. The number of hydrogen-bond donors (Lipinski definition) is 0. The van der Waals surface area contributed by atoms with Gasteiger partial charge in [0.2, 0.25) is 5.91 Å². The summed E-state index contributed by atoms with van der Waals surface area (Å²) in [5.41, 5.74) is 0.977. The fraction of sp³-hybridized carbons (Fsp3) is 0.611. The molecule has 0 N–H and O–H groups in total. The number of piperidine rings is 1. The highest BCUT2D eigenvalue weighted by Crippen LogP contribution is 2.31. The summed E-state index contributed by atoms with van der Waals surface area (Å²) in [6.45, 7) is 6.81. The maximum atomic E-state index is 12.5. The van der Waals surface area contributed by atoms with Gasteiger partial charge in [-0.2, -0.15) is 0 Å². The van der Waals surface area contributed by atoms with Crippen molar-refractivity contribution in [2.45, 2.75) is 32.0 Å². The van der Waals surface area contributed by atoms with Gasteiger partial charge in [-0.15, -0.1) is 0 Å². The van der Waals surface area contributed by atoms with E-state index in [1.807, 2.05) is 42.2 Å². The summed E-state index contributed by atoms with van der Waals surface area (Å²) in [7, 11) is 0. The first kappa shape index (κ1) is 16.4. The van der Waals surface area contributed by atoms with E-state index < -0.39 is 0 Å². The minimum absolute atomic E-state index is 0.187. The number of para-hydroxylation sites is 1. The Morgan fingerprint density at radius 2 is 1.83 bits per heavy atom. The van der Waals surface area contributed by atoms with Crippen molar-refractivity contribution in [1.29, 1.82) is 0 Å². The predicted octanol–water partition coefficient (Wildman–Crippen LogP) is 2.27. The Labute approximate surface area is 138 Å². The smallest absolute Gasteiger partial charge is 0.228 e. The van der Waals surface area contributed by atoms with Crippen molar-refractivity contribution in [3.8, 4) is 0 Å². The lowest BCUT2D eigenvalue weighted by Crippen LogP contribution is -2.46. The zero-order valence-electron chi connectivity index (χ0n) is 13.9. The Hall–Kier alpha value is -1.43. The molecule has 0 radical (unpaired) electrons. The number of likely N-dealkylation sites (tertiary alicyclic amines) is 1. The van der Waals surface area contributed by atoms with Crippen LogP contribution >= 0.6 is 0 Å². The zero-order valence-corrected chi connectivity index (χ0v) is 13.9. The van der Waals surface area contributed by atoms with E-state index in [1.54, 1.807) is 0 Å². The second-order valence-corrected chi connectivity index (χ2v) is 6.17. The Bertz CT molecular complexity index is 504. The van der Waals surface area contributed by atoms with Crippen molar-refractivity contribution in [3.05, 3.63) is 30.3 Å². The van der Waals surface area contributed by atoms with E-state index in [-0.39, 0.29) is 11.7 Å². The fourth-order valence-electron chi connectivity index (χ4n) is 3.40. The molecule has 3 rings (SSSR count). The molecule has 1 aromatic carbocycles. The average Bonchev–Trinajstić information content (AvgIpc) is 3.04. The molecule has 5 nitrogen and oxygen atoms in total. The molecule has 1 aromatic rings. The van der Waals surface area contributed by atoms with E-state index in [9.17, 15) is 4.79 Å². The highest BCUT2D eigenvalue weighted by Gasteiger charge is 2.39. The number of rotatable bonds is 5. The van der Waals surface area contributed by atoms with Crippen LogP contribution in [0.3, 0.4) is 0 Å². The van der Waals surface area contributed by atoms with Gasteiger partial charge in [0.25, 0.3) is 0 Å². The lowest BCUT2D eigenvalue weighted by atomic mass is 10.0. The van der Waals surface area contributed by atoms with Gasteiger partial charge in [-0.05, 0) is 19.1 Å². The van der Waals surface area contributed by atoms with Crippen molar-refractivity contribution in [1.82, 2.24) is 4.90 Å². The van der Waals surface area contributed by atoms with E-state index in [0.29, 0.717) is 26.2 Å². The molecular formula is C18H26N2O3. The summed E-state index contributed by atoms with van der Waals surface area (Å²) in [4.78, 5) is 16.7. The first-order valence-electron chi connectivity index (χ1n) is 8.58. The molecule has 1 amide bonds. The van der Waals surface area contributed by atoms with Crippen LogP contribution in [0.5, 0.6) is 0 Å². The monoisotopic (exact) mass is 318 g/mol. The number of carbonyl (C=O) groups excluding carboxylic acids is 1. The molecule has 0 aromatic heterocycles. The Morgan fingerprint density at radius 3 is 2.43 bits per heavy atom. The molecule has 1 spiro atoms. The van der Waals surface area contributed by atoms with Gasteiger partial charge in [0.15, 0.2) is 5.79 Å². The molecule has 2 fully saturated rings. The third kappa shape index (κ3) is 3.91. The number of hydrogen-bond acceptors (Lipinski definition) is 4. The molecule has 0 saturated carbocycles. The molecule has 0 atom stereocenters. The minimum Gasteiger partial charge on any atom is -0.347 e. The summed E-state index contributed by atoms with van der Waals surface area (Å²) in [5.74, 6) is -0.146. The van der Waals surface area contributed by atoms with E-state index in [0.717, 1.165) is 38.2 Å². The molecule has 2 saturated heterocycles. The zero-order chi connectivity index (χ0) is 16.1. The van der Waals surface area contributed by atoms with Gasteiger partial charge in [0.1, 0.15) is 0 Å². The molecule has 0 unspecified atom stereocenters. The van der Waals surface area contributed by atoms with Gasteiger partial charge < -0.3 is 19.3 Å². The quantitative estimate of drug-likeness (QED) is 0.835. The van der Waals surface area contributed by atoms with Crippen molar-refractivity contribution < 1.29 is 14.3 Å². The molecule has 5 heteroatoms. The first-order chi connectivity index (χ1) is 11.2. The fourth-order valence-corrected chi connectivity index (χ4v) is 3.40. The summed E-state index contributed by atoms with van der Waals surface area (Å²) >= 11 is 0. The highest BCUT2D eigenvalue weighted by molar-refractivity contribution is 5.93. The number of anilines is 1. The average molecular weight is 318 g/mol. The minimum atomic E-state index is -0.333. The van der Waals surface area contributed by atoms with Gasteiger partial charge >= 0.3 is 0 Å². The maximum absolute atomic E-state index is 12.5. The van der Waals surface area contributed by atoms with E-state index in [2.05, 4.69) is 4.90 Å². The molecule has 2 heterocycles. The first-order valence-corrected chi connectivity index (χ1v) is 8.58. The molecule has 2 aliphatic rings. The Morgan fingerprint density at radius 1 is 1.17 bits per heavy atom. The van der Waals surface area contributed by atoms with Crippen LogP contribution in [-0.4, -0.2) is 56.0 Å². The van der Waals surface area contributed by atoms with Crippen molar-refractivity contribution in [2.24, 2.45) is 0 Å². The molecule has 0 bridgehead atoms. The molecule has 2 aliphatic heterocycles. The van der Waals surface area contributed by atoms with Gasteiger partial charge in [-0.1, -0.05) is 18.2 Å². The summed E-state index contributed by atoms with van der Waals surface area (Å²) in [6, 6.07) is 9.88. The number of carbonyl (C=O) groups is 1. The van der Waals surface area contributed by atoms with Crippen LogP contribution < -0.4 is 4.90 Å². The molecule has 0 aliphatic carbocycles. The van der Waals surface area contributed by atoms with Crippen LogP contribution in [0.25, 0.3) is 0 Å². The molecule has 126 valence electrons. The van der Waals surface area contributed by atoms with Crippen molar-refractivity contribution in [3.63, 3.8) is 0 Å². The summed E-state index contributed by atoms with van der Waals surface area (Å²) in [6.07, 6.45) is 2.35. The van der Waals surface area contributed by atoms with Crippen LogP contribution in [-0.2, 0) is 14.3 Å². The van der Waals surface area contributed by atoms with Gasteiger partial charge in [-0.3, -0.25) is 4.79 Å². The Balaban J connectivity index is 1.47. The number of amides is 1. The van der Waals surface area contributed by atoms with Crippen molar-refractivity contribution in [2.75, 3.05) is 44.3 Å². The highest BCUT2D eigenvalue weighted by atomic mass is 16.7. The molecule has 23 heavy (non-hydrogen) atoms. The van der Waals surface area contributed by atoms with Crippen LogP contribution in [0.2, 0.25) is 0 Å². The second-order valence-electron chi connectivity index (χ2n) is 6.17. The number of ether oxygens (including phenoxy) is 2. The van der Waals surface area contributed by atoms with Crippen LogP contribution in [0, 0.1) is 0 Å². The van der Waals surface area contributed by atoms with E-state index in [1.165, 1.54) is 0 Å². The lowest BCUT2D eigenvalue weighted by molar-refractivity contribution is -0.185. The Kier molecular flexibility index (Phi) is 5.30. The largest absolute Gasteiger partial charge is 0.347 e. The number of benzene rings is 1. The van der Waals surface area contributed by atoms with Crippen LogP contribution in [0.1, 0.15) is 26.2 Å². The maximum Gasteiger partial charge on any atom is 0.228 e. The van der Waals surface area contributed by atoms with E-state index in [4.69, 9.17) is 9.47 Å². The standard InChI is InChI=1S/C18H26N2O3/c1-2-20(16-6-4-3-5-7-16)17(21)8-11-19-12-9-18(10-13-19)22-14-15-23-18/h3-7H,2,8-15H2,1H3. The van der Waals surface area contributed by atoms with Gasteiger partial charge in [0, 0.05) is 51.1 Å². The third-order valence-corrected chi connectivity index (χ3v) is 4.76. The normalized spacial score (nSPS) is 20.7. The van der Waals surface area contributed by atoms with Gasteiger partial charge in [0.05, 0.1) is 13.2 Å². The van der Waals surface area contributed by atoms with Gasteiger partial charge in [-0.25, -0.2) is 0 Å². The lowest BCUT2D eigenvalue weighted by Gasteiger charge is -2.37. The van der Waals surface area contributed by atoms with Crippen LogP contribution in [0.4, 0.5) is 5.69 Å². The van der Waals surface area contributed by atoms with Crippen molar-refractivity contribution >= 4 is 11.6 Å². The van der Waals surface area contributed by atoms with Crippen LogP contribution in [0.15, 0.2) is 30.3 Å². The summed E-state index contributed by atoms with van der Waals surface area (Å²) in [5, 5.41) is 0. The number of nitrogens with zero attached hydrogens (tertiary/aromatic N) is 2. The third-order valence-electron chi connectivity index (χ3n) is 4.76. The SMILES string of the molecule is CCN(C(=O)CCN1CCC2(CC1)OCCO2)c1ccccc1. The molecular weight excluding hydrogens is 292 g/mol. The topological polar surface area (TPSA) is 42.0 Å². The van der Waals surface area contributed by atoms with E-state index >= 15 is 0 Å². The summed E-state index contributed by atoms with van der Waals surface area (Å²) < 4.78 is 11.5.